The highest BCUT2D eigenvalue weighted by atomic mass is 16.5. The zero-order valence-corrected chi connectivity index (χ0v) is 16.1. The predicted molar refractivity (Wildman–Crippen MR) is 104 cm³/mol. The summed E-state index contributed by atoms with van der Waals surface area (Å²) in [5, 5.41) is 10.1. The average molecular weight is 383 g/mol. The van der Waals surface area contributed by atoms with Crippen molar-refractivity contribution in [3.63, 3.8) is 0 Å². The molecule has 28 heavy (non-hydrogen) atoms. The van der Waals surface area contributed by atoms with Crippen LogP contribution < -0.4 is 5.56 Å². The number of ether oxygens (including phenoxy) is 1. The Hall–Kier alpha value is -2.51. The van der Waals surface area contributed by atoms with Crippen molar-refractivity contribution in [3.05, 3.63) is 52.7 Å². The molecule has 1 N–H and O–H groups in total. The van der Waals surface area contributed by atoms with Gasteiger partial charge in [-0.3, -0.25) is 19.5 Å². The van der Waals surface area contributed by atoms with E-state index in [1.165, 1.54) is 7.11 Å². The van der Waals surface area contributed by atoms with Crippen molar-refractivity contribution in [2.45, 2.75) is 32.0 Å². The van der Waals surface area contributed by atoms with Gasteiger partial charge in [0.2, 0.25) is 0 Å². The van der Waals surface area contributed by atoms with Crippen LogP contribution in [-0.4, -0.2) is 51.8 Å². The highest BCUT2D eigenvalue weighted by Gasteiger charge is 2.55. The minimum atomic E-state index is -0.478. The molecule has 1 saturated heterocycles. The lowest BCUT2D eigenvalue weighted by Gasteiger charge is -2.29. The topological polar surface area (TPSA) is 84.7 Å². The lowest BCUT2D eigenvalue weighted by molar-refractivity contribution is -0.148. The van der Waals surface area contributed by atoms with Gasteiger partial charge in [-0.05, 0) is 42.8 Å². The van der Waals surface area contributed by atoms with Crippen LogP contribution in [0.1, 0.15) is 25.1 Å². The summed E-state index contributed by atoms with van der Waals surface area (Å²) in [6.45, 7) is 3.15. The second kappa shape index (κ2) is 7.48. The van der Waals surface area contributed by atoms with E-state index in [2.05, 4.69) is 16.8 Å². The third kappa shape index (κ3) is 2.77. The summed E-state index contributed by atoms with van der Waals surface area (Å²) < 4.78 is 6.84. The first-order valence-electron chi connectivity index (χ1n) is 9.70. The average Bonchev–Trinajstić information content (AvgIpc) is 3.24. The number of carbonyl (C=O) groups excluding carboxylic acids is 1. The Morgan fingerprint density at radius 1 is 1.29 bits per heavy atom. The zero-order valence-electron chi connectivity index (χ0n) is 16.1. The number of fused-ring (bicyclic) bond motifs is 3. The van der Waals surface area contributed by atoms with Crippen molar-refractivity contribution in [1.29, 1.82) is 0 Å². The fourth-order valence-corrected chi connectivity index (χ4v) is 4.96. The number of aromatic nitrogens is 2. The van der Waals surface area contributed by atoms with Crippen LogP contribution in [0.25, 0.3) is 11.1 Å². The Kier molecular flexibility index (Phi) is 5.03. The van der Waals surface area contributed by atoms with E-state index in [4.69, 9.17) is 4.74 Å². The SMILES string of the molecule is CCCN1[C@@H]2c3ccc(-c4ccncc4)c(=O)n3C[C@@H]2[C@@H](CO)[C@@H]1C(=O)OC. The number of aliphatic hydroxyl groups is 1. The maximum atomic E-state index is 13.2. The van der Waals surface area contributed by atoms with E-state index in [9.17, 15) is 14.7 Å². The van der Waals surface area contributed by atoms with Crippen molar-refractivity contribution < 1.29 is 14.6 Å². The van der Waals surface area contributed by atoms with E-state index in [1.54, 1.807) is 12.4 Å². The lowest BCUT2D eigenvalue weighted by atomic mass is 9.88. The Morgan fingerprint density at radius 3 is 2.68 bits per heavy atom. The van der Waals surface area contributed by atoms with Gasteiger partial charge in [0.1, 0.15) is 6.04 Å². The minimum absolute atomic E-state index is 0.000963. The van der Waals surface area contributed by atoms with Gasteiger partial charge in [0, 0.05) is 48.6 Å². The number of methoxy groups -OCH3 is 1. The van der Waals surface area contributed by atoms with Crippen molar-refractivity contribution in [3.8, 4) is 11.1 Å². The molecule has 0 amide bonds. The summed E-state index contributed by atoms with van der Waals surface area (Å²) >= 11 is 0. The molecule has 4 atom stereocenters. The van der Waals surface area contributed by atoms with Gasteiger partial charge in [-0.25, -0.2) is 0 Å². The molecule has 2 aromatic heterocycles. The van der Waals surface area contributed by atoms with Gasteiger partial charge in [-0.15, -0.1) is 0 Å². The van der Waals surface area contributed by atoms with Crippen molar-refractivity contribution in [1.82, 2.24) is 14.5 Å². The molecule has 0 saturated carbocycles. The van der Waals surface area contributed by atoms with Crippen molar-refractivity contribution in [2.24, 2.45) is 11.8 Å². The number of rotatable bonds is 5. The first-order valence-corrected chi connectivity index (χ1v) is 9.70. The van der Waals surface area contributed by atoms with Crippen LogP contribution in [0.4, 0.5) is 0 Å². The van der Waals surface area contributed by atoms with Gasteiger partial charge in [-0.1, -0.05) is 6.92 Å². The van der Waals surface area contributed by atoms with Crippen LogP contribution in [-0.2, 0) is 16.1 Å². The quantitative estimate of drug-likeness (QED) is 0.787. The molecule has 4 rings (SSSR count). The van der Waals surface area contributed by atoms with Crippen LogP contribution in [0.3, 0.4) is 0 Å². The number of hydrogen-bond donors (Lipinski definition) is 1. The van der Waals surface area contributed by atoms with Crippen LogP contribution >= 0.6 is 0 Å². The molecule has 7 heteroatoms. The van der Waals surface area contributed by atoms with Gasteiger partial charge < -0.3 is 14.4 Å². The van der Waals surface area contributed by atoms with Gasteiger partial charge >= 0.3 is 5.97 Å². The summed E-state index contributed by atoms with van der Waals surface area (Å²) in [5.41, 5.74) is 2.34. The molecule has 0 spiro atoms. The highest BCUT2D eigenvalue weighted by molar-refractivity contribution is 5.77. The van der Waals surface area contributed by atoms with Crippen LogP contribution in [0.15, 0.2) is 41.5 Å². The monoisotopic (exact) mass is 383 g/mol. The van der Waals surface area contributed by atoms with Gasteiger partial charge in [0.05, 0.1) is 13.2 Å². The number of carbonyl (C=O) groups is 1. The summed E-state index contributed by atoms with van der Waals surface area (Å²) in [6.07, 6.45) is 4.22. The largest absolute Gasteiger partial charge is 0.468 e. The Bertz CT molecular complexity index is 927. The molecule has 2 aliphatic heterocycles. The minimum Gasteiger partial charge on any atom is -0.468 e. The lowest BCUT2D eigenvalue weighted by Crippen LogP contribution is -2.43. The number of aliphatic hydroxyl groups excluding tert-OH is 1. The maximum absolute atomic E-state index is 13.2. The standard InChI is InChI=1S/C21H25N3O4/c1-3-10-23-18-15(16(12-25)19(23)21(27)28-2)11-24-17(18)5-4-14(20(24)26)13-6-8-22-9-7-13/h4-9,15-16,18-19,25H,3,10-12H2,1-2H3/t15-,16-,18+,19-/m1/s1. The third-order valence-corrected chi connectivity index (χ3v) is 6.11. The number of nitrogens with zero attached hydrogens (tertiary/aromatic N) is 3. The van der Waals surface area contributed by atoms with Crippen molar-refractivity contribution >= 4 is 5.97 Å². The van der Waals surface area contributed by atoms with Gasteiger partial charge in [0.15, 0.2) is 0 Å². The molecule has 2 aliphatic rings. The number of hydrogen-bond acceptors (Lipinski definition) is 6. The molecular weight excluding hydrogens is 358 g/mol. The third-order valence-electron chi connectivity index (χ3n) is 6.11. The number of likely N-dealkylation sites (tertiary alicyclic amines) is 1. The van der Waals surface area contributed by atoms with Gasteiger partial charge in [0.25, 0.3) is 5.56 Å². The normalized spacial score (nSPS) is 26.1. The predicted octanol–water partition coefficient (Wildman–Crippen LogP) is 1.46. The number of pyridine rings is 2. The van der Waals surface area contributed by atoms with E-state index in [0.29, 0.717) is 18.7 Å². The Morgan fingerprint density at radius 2 is 2.04 bits per heavy atom. The summed E-state index contributed by atoms with van der Waals surface area (Å²) in [4.78, 5) is 31.8. The van der Waals surface area contributed by atoms with Crippen LogP contribution in [0.5, 0.6) is 0 Å². The zero-order chi connectivity index (χ0) is 19.8. The molecule has 0 bridgehead atoms. The second-order valence-corrected chi connectivity index (χ2v) is 7.48. The molecule has 0 aliphatic carbocycles. The van der Waals surface area contributed by atoms with Gasteiger partial charge in [-0.2, -0.15) is 0 Å². The van der Waals surface area contributed by atoms with E-state index < -0.39 is 6.04 Å². The molecule has 7 nitrogen and oxygen atoms in total. The highest BCUT2D eigenvalue weighted by Crippen LogP contribution is 2.49. The Balaban J connectivity index is 1.79. The Labute approximate surface area is 163 Å². The van der Waals surface area contributed by atoms with Crippen LogP contribution in [0.2, 0.25) is 0 Å². The maximum Gasteiger partial charge on any atom is 0.323 e. The molecule has 148 valence electrons. The van der Waals surface area contributed by atoms with E-state index in [0.717, 1.165) is 17.7 Å². The number of esters is 1. The van der Waals surface area contributed by atoms with E-state index in [-0.39, 0.29) is 36.0 Å². The molecule has 0 unspecified atom stereocenters. The smallest absolute Gasteiger partial charge is 0.323 e. The fraction of sp³-hybridized carbons (Fsp3) is 0.476. The molecule has 1 fully saturated rings. The van der Waals surface area contributed by atoms with E-state index >= 15 is 0 Å². The summed E-state index contributed by atoms with van der Waals surface area (Å²) in [6, 6.07) is 6.95. The fourth-order valence-electron chi connectivity index (χ4n) is 4.96. The van der Waals surface area contributed by atoms with Crippen molar-refractivity contribution in [2.75, 3.05) is 20.3 Å². The molecule has 4 heterocycles. The molecule has 2 aromatic rings. The second-order valence-electron chi connectivity index (χ2n) is 7.48. The van der Waals surface area contributed by atoms with Crippen LogP contribution in [0, 0.1) is 11.8 Å². The van der Waals surface area contributed by atoms with E-state index in [1.807, 2.05) is 28.8 Å². The first-order chi connectivity index (χ1) is 13.6. The molecular formula is C21H25N3O4. The first kappa shape index (κ1) is 18.8. The summed E-state index contributed by atoms with van der Waals surface area (Å²) in [7, 11) is 1.38. The molecule has 0 radical (unpaired) electrons. The summed E-state index contributed by atoms with van der Waals surface area (Å²) in [5.74, 6) is -0.571. The molecule has 0 aromatic carbocycles.